The monoisotopic (exact) mass is 311 g/mol. The van der Waals surface area contributed by atoms with E-state index in [1.54, 1.807) is 12.1 Å². The second-order valence-electron chi connectivity index (χ2n) is 4.97. The van der Waals surface area contributed by atoms with Crippen LogP contribution in [0.2, 0.25) is 0 Å². The molecule has 1 aliphatic rings. The first-order chi connectivity index (χ1) is 9.82. The molecule has 0 spiro atoms. The largest absolute Gasteiger partial charge is 0.426 e. The Hall–Kier alpha value is -1.89. The Morgan fingerprint density at radius 2 is 1.90 bits per heavy atom. The molecule has 0 saturated carbocycles. The fraction of sp³-hybridized carbons (Fsp3) is 0.429. The summed E-state index contributed by atoms with van der Waals surface area (Å²) in [5, 5.41) is 0. The highest BCUT2D eigenvalue weighted by Gasteiger charge is 2.40. The Bertz CT molecular complexity index is 650. The number of nitrogens with zero attached hydrogens (tertiary/aromatic N) is 1. The summed E-state index contributed by atoms with van der Waals surface area (Å²) in [6, 6.07) is 6.20. The highest BCUT2D eigenvalue weighted by Crippen LogP contribution is 2.24. The van der Waals surface area contributed by atoms with Gasteiger partial charge in [0.25, 0.3) is 5.56 Å². The molecule has 0 N–H and O–H groups in total. The van der Waals surface area contributed by atoms with Crippen molar-refractivity contribution >= 4 is 21.7 Å². The van der Waals surface area contributed by atoms with E-state index < -0.39 is 21.4 Å². The summed E-state index contributed by atoms with van der Waals surface area (Å²) >= 11 is 0. The summed E-state index contributed by atoms with van der Waals surface area (Å²) in [4.78, 5) is 24.2. The van der Waals surface area contributed by atoms with Crippen molar-refractivity contribution in [3.63, 3.8) is 0 Å². The first-order valence-electron chi connectivity index (χ1n) is 6.59. The van der Waals surface area contributed by atoms with Crippen LogP contribution in [0.25, 0.3) is 0 Å². The van der Waals surface area contributed by atoms with Crippen LogP contribution < -0.4 is 0 Å². The zero-order valence-electron chi connectivity index (χ0n) is 11.9. The second-order valence-corrected chi connectivity index (χ2v) is 6.93. The van der Waals surface area contributed by atoms with E-state index in [1.165, 1.54) is 12.1 Å². The van der Waals surface area contributed by atoms with Gasteiger partial charge in [-0.15, -0.1) is 0 Å². The van der Waals surface area contributed by atoms with Gasteiger partial charge < -0.3 is 4.74 Å². The number of carbonyl (C=O) groups excluding carboxylic acids is 2. The molecule has 1 atom stereocenters. The van der Waals surface area contributed by atoms with Crippen LogP contribution in [-0.2, 0) is 24.2 Å². The van der Waals surface area contributed by atoms with Crippen LogP contribution in [0.3, 0.4) is 0 Å². The lowest BCUT2D eigenvalue weighted by molar-refractivity contribution is -0.152. The van der Waals surface area contributed by atoms with Crippen molar-refractivity contribution < 1.29 is 22.7 Å². The summed E-state index contributed by atoms with van der Waals surface area (Å²) in [7, 11) is -3.97. The van der Waals surface area contributed by atoms with Gasteiger partial charge in [0.15, 0.2) is 0 Å². The van der Waals surface area contributed by atoms with E-state index in [4.69, 9.17) is 4.74 Å². The van der Waals surface area contributed by atoms with Gasteiger partial charge in [-0.1, -0.05) is 17.7 Å². The Labute approximate surface area is 123 Å². The quantitative estimate of drug-likeness (QED) is 0.781. The Kier molecular flexibility index (Phi) is 4.32. The molecule has 0 radical (unpaired) electrons. The van der Waals surface area contributed by atoms with E-state index in [-0.39, 0.29) is 23.8 Å². The van der Waals surface area contributed by atoms with Gasteiger partial charge in [0.1, 0.15) is 0 Å². The predicted octanol–water partition coefficient (Wildman–Crippen LogP) is 1.24. The molecular weight excluding hydrogens is 294 g/mol. The molecule has 1 heterocycles. The molecule has 1 aliphatic heterocycles. The zero-order valence-corrected chi connectivity index (χ0v) is 12.7. The van der Waals surface area contributed by atoms with Crippen molar-refractivity contribution in [2.24, 2.45) is 0 Å². The molecule has 1 fully saturated rings. The second kappa shape index (κ2) is 5.85. The highest BCUT2D eigenvalue weighted by molar-refractivity contribution is 7.91. The molecule has 1 aromatic rings. The van der Waals surface area contributed by atoms with Gasteiger partial charge in [0.2, 0.25) is 15.7 Å². The maximum atomic E-state index is 12.6. The molecular formula is C14H17NO5S. The summed E-state index contributed by atoms with van der Waals surface area (Å²) in [5.74, 6) is -1.06. The normalized spacial score (nSPS) is 16.9. The molecule has 1 saturated heterocycles. The van der Waals surface area contributed by atoms with Gasteiger partial charge in [-0.2, -0.15) is 0 Å². The van der Waals surface area contributed by atoms with E-state index >= 15 is 0 Å². The summed E-state index contributed by atoms with van der Waals surface area (Å²) in [5.41, 5.74) is -0.678. The van der Waals surface area contributed by atoms with Gasteiger partial charge in [-0.05, 0) is 25.5 Å². The summed E-state index contributed by atoms with van der Waals surface area (Å²) < 4.78 is 30.2. The fourth-order valence-corrected chi connectivity index (χ4v) is 3.74. The maximum absolute atomic E-state index is 12.6. The molecule has 114 valence electrons. The minimum Gasteiger partial charge on any atom is -0.426 e. The zero-order chi connectivity index (χ0) is 15.6. The van der Waals surface area contributed by atoms with Crippen LogP contribution in [0.4, 0.5) is 0 Å². The van der Waals surface area contributed by atoms with E-state index in [2.05, 4.69) is 0 Å². The lowest BCUT2D eigenvalue weighted by Crippen LogP contribution is -2.44. The smallest absolute Gasteiger partial charge is 0.305 e. The van der Waals surface area contributed by atoms with Gasteiger partial charge >= 0.3 is 5.97 Å². The number of carbonyl (C=O) groups is 2. The molecule has 21 heavy (non-hydrogen) atoms. The van der Waals surface area contributed by atoms with Gasteiger partial charge in [0.05, 0.1) is 4.90 Å². The van der Waals surface area contributed by atoms with Crippen molar-refractivity contribution in [1.82, 2.24) is 4.90 Å². The van der Waals surface area contributed by atoms with Crippen LogP contribution in [-0.4, -0.2) is 37.3 Å². The van der Waals surface area contributed by atoms with Gasteiger partial charge in [0, 0.05) is 19.9 Å². The molecule has 6 nitrogen and oxygen atoms in total. The Morgan fingerprint density at radius 3 is 2.38 bits per heavy atom. The molecule has 1 aromatic carbocycles. The van der Waals surface area contributed by atoms with E-state index in [1.807, 2.05) is 6.92 Å². The molecule has 0 aromatic heterocycles. The first kappa shape index (κ1) is 15.5. The third kappa shape index (κ3) is 3.24. The number of ether oxygens (including phenoxy) is 1. The minimum absolute atomic E-state index is 0.0269. The average Bonchev–Trinajstić information content (AvgIpc) is 2.82. The molecule has 0 aliphatic carbocycles. The standard InChI is InChI=1S/C14H17NO5S/c1-10-5-7-12(8-6-10)21(18,19)14(20-11(2)16)15-9-3-4-13(15)17/h5-8,14H,3-4,9H2,1-2H3. The number of esters is 1. The number of sulfone groups is 1. The topological polar surface area (TPSA) is 80.8 Å². The van der Waals surface area contributed by atoms with Crippen LogP contribution in [0, 0.1) is 6.92 Å². The van der Waals surface area contributed by atoms with Crippen molar-refractivity contribution in [3.8, 4) is 0 Å². The number of hydrogen-bond donors (Lipinski definition) is 0. The molecule has 2 rings (SSSR count). The minimum atomic E-state index is -3.97. The van der Waals surface area contributed by atoms with Gasteiger partial charge in [-0.25, -0.2) is 8.42 Å². The fourth-order valence-electron chi connectivity index (χ4n) is 2.17. The number of likely N-dealkylation sites (tertiary alicyclic amines) is 1. The Balaban J connectivity index is 2.41. The van der Waals surface area contributed by atoms with Gasteiger partial charge in [-0.3, -0.25) is 14.5 Å². The summed E-state index contributed by atoms with van der Waals surface area (Å²) in [6.45, 7) is 3.23. The molecule has 1 amide bonds. The predicted molar refractivity (Wildman–Crippen MR) is 74.9 cm³/mol. The molecule has 7 heteroatoms. The van der Waals surface area contributed by atoms with E-state index in [0.717, 1.165) is 17.4 Å². The number of hydrogen-bond acceptors (Lipinski definition) is 5. The highest BCUT2D eigenvalue weighted by atomic mass is 32.2. The maximum Gasteiger partial charge on any atom is 0.305 e. The third-order valence-corrected chi connectivity index (χ3v) is 5.06. The lowest BCUT2D eigenvalue weighted by Gasteiger charge is -2.26. The van der Waals surface area contributed by atoms with Crippen LogP contribution in [0.1, 0.15) is 25.3 Å². The van der Waals surface area contributed by atoms with Crippen molar-refractivity contribution in [1.29, 1.82) is 0 Å². The van der Waals surface area contributed by atoms with Crippen molar-refractivity contribution in [2.75, 3.05) is 6.54 Å². The number of benzene rings is 1. The van der Waals surface area contributed by atoms with E-state index in [0.29, 0.717) is 6.42 Å². The SMILES string of the molecule is CC(=O)OC(N1CCCC1=O)S(=O)(=O)c1ccc(C)cc1. The van der Waals surface area contributed by atoms with Crippen molar-refractivity contribution in [2.45, 2.75) is 37.1 Å². The Morgan fingerprint density at radius 1 is 1.29 bits per heavy atom. The molecule has 0 bridgehead atoms. The number of aryl methyl sites for hydroxylation is 1. The van der Waals surface area contributed by atoms with Crippen LogP contribution in [0.15, 0.2) is 29.2 Å². The third-order valence-electron chi connectivity index (χ3n) is 3.25. The number of rotatable bonds is 4. The lowest BCUT2D eigenvalue weighted by atomic mass is 10.2. The summed E-state index contributed by atoms with van der Waals surface area (Å²) in [6.07, 6.45) is 0.821. The number of amides is 1. The average molecular weight is 311 g/mol. The van der Waals surface area contributed by atoms with E-state index in [9.17, 15) is 18.0 Å². The van der Waals surface area contributed by atoms with Crippen LogP contribution in [0.5, 0.6) is 0 Å². The van der Waals surface area contributed by atoms with Crippen molar-refractivity contribution in [3.05, 3.63) is 29.8 Å². The van der Waals surface area contributed by atoms with Crippen LogP contribution >= 0.6 is 0 Å². The first-order valence-corrected chi connectivity index (χ1v) is 8.14. The molecule has 1 unspecified atom stereocenters.